The molecule has 0 spiro atoms. The highest BCUT2D eigenvalue weighted by Crippen LogP contribution is 2.38. The predicted molar refractivity (Wildman–Crippen MR) is 241 cm³/mol. The molecular weight excluding hydrogens is 723 g/mol. The quantitative estimate of drug-likeness (QED) is 0.177. The van der Waals surface area contributed by atoms with Crippen molar-refractivity contribution in [3.05, 3.63) is 199 Å². The van der Waals surface area contributed by atoms with Crippen LogP contribution in [0.1, 0.15) is 22.8 Å². The van der Waals surface area contributed by atoms with Gasteiger partial charge in [0.25, 0.3) is 0 Å². The summed E-state index contributed by atoms with van der Waals surface area (Å²) >= 11 is 0. The smallest absolute Gasteiger partial charge is 0.113 e. The van der Waals surface area contributed by atoms with E-state index in [-0.39, 0.29) is 0 Å². The highest BCUT2D eigenvalue weighted by molar-refractivity contribution is 5.99. The third-order valence-corrected chi connectivity index (χ3v) is 10.9. The maximum absolute atomic E-state index is 5.44. The molecule has 0 saturated carbocycles. The second-order valence-corrected chi connectivity index (χ2v) is 14.6. The van der Waals surface area contributed by atoms with E-state index in [4.69, 9.17) is 9.97 Å². The van der Waals surface area contributed by atoms with Crippen molar-refractivity contribution >= 4 is 46.4 Å². The lowest BCUT2D eigenvalue weighted by atomic mass is 10.0. The number of benzene rings is 5. The average Bonchev–Trinajstić information content (AvgIpc) is 4.16. The summed E-state index contributed by atoms with van der Waals surface area (Å²) in [6.45, 7) is 0. The molecule has 7 nitrogen and oxygen atoms in total. The minimum absolute atomic E-state index is 0.819. The van der Waals surface area contributed by atoms with E-state index in [1.165, 1.54) is 0 Å². The first-order valence-electron chi connectivity index (χ1n) is 19.6. The Hall–Kier alpha value is -8.16. The molecule has 5 aromatic carbocycles. The van der Waals surface area contributed by atoms with Crippen molar-refractivity contribution in [2.75, 3.05) is 0 Å². The van der Waals surface area contributed by atoms with E-state index in [1.807, 2.05) is 59.4 Å². The lowest BCUT2D eigenvalue weighted by Crippen LogP contribution is -1.95. The van der Waals surface area contributed by atoms with Gasteiger partial charge >= 0.3 is 0 Å². The van der Waals surface area contributed by atoms with Gasteiger partial charge in [-0.2, -0.15) is 0 Å². The molecule has 8 bridgehead atoms. The number of fused-ring (bicyclic) bond motifs is 8. The molecule has 0 unspecified atom stereocenters. The molecule has 0 radical (unpaired) electrons. The lowest BCUT2D eigenvalue weighted by molar-refractivity contribution is 0.804. The van der Waals surface area contributed by atoms with E-state index in [9.17, 15) is 0 Å². The van der Waals surface area contributed by atoms with E-state index in [0.29, 0.717) is 0 Å². The number of hydrogen-bond donors (Lipinski definition) is 2. The van der Waals surface area contributed by atoms with Crippen molar-refractivity contribution < 1.29 is 0 Å². The topological polar surface area (TPSA) is 88.1 Å². The van der Waals surface area contributed by atoms with Crippen LogP contribution < -0.4 is 0 Å². The number of H-pyrrole nitrogens is 2. The van der Waals surface area contributed by atoms with E-state index >= 15 is 0 Å². The monoisotopic (exact) mass is 757 g/mol. The highest BCUT2D eigenvalue weighted by atomic mass is 15.4. The van der Waals surface area contributed by atoms with Crippen molar-refractivity contribution in [3.8, 4) is 61.5 Å². The largest absolute Gasteiger partial charge is 0.354 e. The fourth-order valence-electron chi connectivity index (χ4n) is 8.15. The zero-order valence-corrected chi connectivity index (χ0v) is 31.8. The summed E-state index contributed by atoms with van der Waals surface area (Å²) in [5.41, 5.74) is 18.3. The Balaban J connectivity index is 1.20. The Bertz CT molecular complexity index is 3190. The maximum atomic E-state index is 5.44. The van der Waals surface area contributed by atoms with Gasteiger partial charge in [-0.25, -0.2) is 14.6 Å². The normalized spacial score (nSPS) is 11.9. The third kappa shape index (κ3) is 6.27. The van der Waals surface area contributed by atoms with Crippen LogP contribution in [0.5, 0.6) is 0 Å². The van der Waals surface area contributed by atoms with Gasteiger partial charge < -0.3 is 9.97 Å². The summed E-state index contributed by atoms with van der Waals surface area (Å²) in [6.07, 6.45) is 10.5. The molecule has 4 aromatic heterocycles. The van der Waals surface area contributed by atoms with Crippen LogP contribution in [0.4, 0.5) is 0 Å². The Morgan fingerprint density at radius 1 is 0.339 bits per heavy atom. The van der Waals surface area contributed by atoms with Gasteiger partial charge in [0.1, 0.15) is 5.69 Å². The molecule has 6 heterocycles. The molecule has 0 fully saturated rings. The lowest BCUT2D eigenvalue weighted by Gasteiger charge is -2.07. The van der Waals surface area contributed by atoms with Crippen LogP contribution >= 0.6 is 0 Å². The third-order valence-electron chi connectivity index (χ3n) is 10.9. The van der Waals surface area contributed by atoms with Crippen LogP contribution in [0.15, 0.2) is 176 Å². The summed E-state index contributed by atoms with van der Waals surface area (Å²) in [5.74, 6) is 0. The maximum Gasteiger partial charge on any atom is 0.113 e. The standard InChI is InChI=1S/C52H35N7/c1-5-13-34(14-6-1)48-33-59(58-57-48)39-23-21-38(22-24-39)52-46-31-29-44(55-46)50(36-17-9-3-10-18-36)42-27-25-40(53-42)49(35-15-7-2-8-16-35)41-26-28-43(54-41)51(37-19-11-4-12-20-37)45-30-32-47(52)56-45/h1-33,53,56H. The Morgan fingerprint density at radius 3 is 1.05 bits per heavy atom. The number of aromatic nitrogens is 7. The summed E-state index contributed by atoms with van der Waals surface area (Å²) in [6, 6.07) is 58.6. The number of hydrogen-bond acceptors (Lipinski definition) is 4. The average molecular weight is 758 g/mol. The molecule has 2 N–H and O–H groups in total. The summed E-state index contributed by atoms with van der Waals surface area (Å²) in [4.78, 5) is 18.5. The Morgan fingerprint density at radius 2 is 0.678 bits per heavy atom. The van der Waals surface area contributed by atoms with Crippen LogP contribution in [0.3, 0.4) is 0 Å². The number of rotatable bonds is 6. The molecule has 278 valence electrons. The molecule has 0 saturated heterocycles. The molecule has 2 aliphatic rings. The van der Waals surface area contributed by atoms with Gasteiger partial charge in [0.15, 0.2) is 0 Å². The zero-order valence-electron chi connectivity index (χ0n) is 31.8. The van der Waals surface area contributed by atoms with E-state index in [2.05, 4.69) is 166 Å². The van der Waals surface area contributed by atoms with Crippen LogP contribution in [0.25, 0.3) is 108 Å². The first-order valence-corrected chi connectivity index (χ1v) is 19.6. The SMILES string of the molecule is C1=Cc2nc1c(-c1ccccc1)c1ccc([nH]1)c(-c1ccccc1)c1nc(c(-c3ccc(-n4cc(-c5ccccc5)nn4)cc3)c3ccc([nH]3)c2-c2ccccc2)C=C1. The Labute approximate surface area is 340 Å². The minimum Gasteiger partial charge on any atom is -0.354 e. The van der Waals surface area contributed by atoms with Crippen molar-refractivity contribution in [1.82, 2.24) is 34.9 Å². The van der Waals surface area contributed by atoms with Gasteiger partial charge in [0.05, 0.1) is 34.7 Å². The molecule has 0 amide bonds. The summed E-state index contributed by atoms with van der Waals surface area (Å²) in [5, 5.41) is 8.92. The summed E-state index contributed by atoms with van der Waals surface area (Å²) < 4.78 is 1.82. The zero-order chi connectivity index (χ0) is 39.1. The fourth-order valence-corrected chi connectivity index (χ4v) is 8.15. The minimum atomic E-state index is 0.819. The van der Waals surface area contributed by atoms with Crippen LogP contribution in [-0.2, 0) is 0 Å². The molecule has 2 aliphatic heterocycles. The molecule has 59 heavy (non-hydrogen) atoms. The molecule has 0 atom stereocenters. The number of aromatic amines is 2. The highest BCUT2D eigenvalue weighted by Gasteiger charge is 2.19. The van der Waals surface area contributed by atoms with E-state index in [1.54, 1.807) is 0 Å². The molecule has 9 aromatic rings. The van der Waals surface area contributed by atoms with Gasteiger partial charge in [-0.3, -0.25) is 0 Å². The van der Waals surface area contributed by atoms with E-state index < -0.39 is 0 Å². The van der Waals surface area contributed by atoms with Gasteiger partial charge in [0, 0.05) is 49.9 Å². The van der Waals surface area contributed by atoms with Crippen LogP contribution in [0.2, 0.25) is 0 Å². The molecule has 0 aliphatic carbocycles. The summed E-state index contributed by atoms with van der Waals surface area (Å²) in [7, 11) is 0. The van der Waals surface area contributed by atoms with Gasteiger partial charge in [-0.05, 0) is 83.0 Å². The van der Waals surface area contributed by atoms with Crippen molar-refractivity contribution in [2.45, 2.75) is 0 Å². The second-order valence-electron chi connectivity index (χ2n) is 14.6. The van der Waals surface area contributed by atoms with Gasteiger partial charge in [-0.1, -0.05) is 139 Å². The fraction of sp³-hybridized carbons (Fsp3) is 0. The second kappa shape index (κ2) is 14.4. The van der Waals surface area contributed by atoms with Gasteiger partial charge in [-0.15, -0.1) is 5.10 Å². The first-order chi connectivity index (χ1) is 29.2. The molecule has 11 rings (SSSR count). The molecular formula is C52H35N7. The number of nitrogens with zero attached hydrogens (tertiary/aromatic N) is 5. The van der Waals surface area contributed by atoms with Crippen molar-refractivity contribution in [2.24, 2.45) is 0 Å². The first kappa shape index (κ1) is 34.1. The van der Waals surface area contributed by atoms with Crippen molar-refractivity contribution in [3.63, 3.8) is 0 Å². The van der Waals surface area contributed by atoms with Crippen molar-refractivity contribution in [1.29, 1.82) is 0 Å². The Kier molecular flexibility index (Phi) is 8.33. The van der Waals surface area contributed by atoms with Crippen LogP contribution in [0, 0.1) is 0 Å². The molecule has 7 heteroatoms. The number of nitrogens with one attached hydrogen (secondary N) is 2. The van der Waals surface area contributed by atoms with Gasteiger partial charge in [0.2, 0.25) is 0 Å². The van der Waals surface area contributed by atoms with Crippen LogP contribution in [-0.4, -0.2) is 34.9 Å². The van der Waals surface area contributed by atoms with E-state index in [0.717, 1.165) is 106 Å². The predicted octanol–water partition coefficient (Wildman–Crippen LogP) is 12.6.